The number of benzene rings is 2. The number of nitrogens with one attached hydrogen (secondary N) is 1. The molecule has 0 saturated carbocycles. The highest BCUT2D eigenvalue weighted by molar-refractivity contribution is 7.99. The Morgan fingerprint density at radius 1 is 1.15 bits per heavy atom. The predicted molar refractivity (Wildman–Crippen MR) is 107 cm³/mol. The Hall–Kier alpha value is -1.56. The summed E-state index contributed by atoms with van der Waals surface area (Å²) in [6.07, 6.45) is 0. The molecule has 2 aromatic rings. The van der Waals surface area contributed by atoms with Gasteiger partial charge in [-0.1, -0.05) is 35.3 Å². The van der Waals surface area contributed by atoms with Crippen LogP contribution in [0.2, 0.25) is 10.0 Å². The lowest BCUT2D eigenvalue weighted by molar-refractivity contribution is -0.119. The molecule has 1 unspecified atom stereocenters. The van der Waals surface area contributed by atoms with Gasteiger partial charge in [0.2, 0.25) is 5.91 Å². The van der Waals surface area contributed by atoms with Crippen molar-refractivity contribution in [2.24, 2.45) is 0 Å². The van der Waals surface area contributed by atoms with E-state index in [2.05, 4.69) is 5.32 Å². The largest absolute Gasteiger partial charge is 0.486 e. The fourth-order valence-corrected chi connectivity index (χ4v) is 4.19. The Morgan fingerprint density at radius 3 is 2.58 bits per heavy atom. The smallest absolute Gasteiger partial charge is 0.230 e. The van der Waals surface area contributed by atoms with E-state index < -0.39 is 0 Å². The van der Waals surface area contributed by atoms with E-state index in [1.165, 1.54) is 11.8 Å². The second-order valence-corrected chi connectivity index (χ2v) is 7.69. The zero-order valence-electron chi connectivity index (χ0n) is 14.3. The SMILES string of the molecule is CC(NC(=O)CSCc1c(Cl)cccc1Cl)c1ccc2c(c1)OCCO2. The van der Waals surface area contributed by atoms with E-state index in [-0.39, 0.29) is 11.9 Å². The number of fused-ring (bicyclic) bond motifs is 1. The van der Waals surface area contributed by atoms with Crippen molar-refractivity contribution in [2.45, 2.75) is 18.7 Å². The van der Waals surface area contributed by atoms with E-state index in [0.717, 1.165) is 22.6 Å². The Kier molecular flexibility index (Phi) is 6.57. The maximum Gasteiger partial charge on any atom is 0.230 e. The molecule has 0 aliphatic carbocycles. The summed E-state index contributed by atoms with van der Waals surface area (Å²) in [6.45, 7) is 3.04. The van der Waals surface area contributed by atoms with E-state index in [1.807, 2.05) is 25.1 Å². The van der Waals surface area contributed by atoms with Crippen molar-refractivity contribution in [1.29, 1.82) is 0 Å². The van der Waals surface area contributed by atoms with Gasteiger partial charge in [0.25, 0.3) is 0 Å². The van der Waals surface area contributed by atoms with E-state index >= 15 is 0 Å². The fourth-order valence-electron chi connectivity index (χ4n) is 2.61. The number of carbonyl (C=O) groups excluding carboxylic acids is 1. The maximum atomic E-state index is 12.2. The maximum absolute atomic E-state index is 12.2. The molecule has 4 nitrogen and oxygen atoms in total. The van der Waals surface area contributed by atoms with Gasteiger partial charge in [0.15, 0.2) is 11.5 Å². The molecule has 0 fully saturated rings. The molecule has 1 heterocycles. The molecule has 1 aliphatic heterocycles. The number of halogens is 2. The van der Waals surface area contributed by atoms with Crippen LogP contribution >= 0.6 is 35.0 Å². The van der Waals surface area contributed by atoms with Crippen LogP contribution in [0.3, 0.4) is 0 Å². The van der Waals surface area contributed by atoms with Gasteiger partial charge in [-0.15, -0.1) is 11.8 Å². The highest BCUT2D eigenvalue weighted by Gasteiger charge is 2.16. The van der Waals surface area contributed by atoms with Crippen LogP contribution in [-0.4, -0.2) is 24.9 Å². The zero-order chi connectivity index (χ0) is 18.5. The number of rotatable bonds is 6. The van der Waals surface area contributed by atoms with E-state index in [0.29, 0.717) is 34.8 Å². The second-order valence-electron chi connectivity index (χ2n) is 5.89. The summed E-state index contributed by atoms with van der Waals surface area (Å²) in [7, 11) is 0. The van der Waals surface area contributed by atoms with Gasteiger partial charge < -0.3 is 14.8 Å². The minimum absolute atomic E-state index is 0.0411. The van der Waals surface area contributed by atoms with Crippen molar-refractivity contribution in [1.82, 2.24) is 5.32 Å². The molecular weight excluding hydrogens is 393 g/mol. The second kappa shape index (κ2) is 8.89. The summed E-state index contributed by atoms with van der Waals surface area (Å²) < 4.78 is 11.1. The first-order valence-corrected chi connectivity index (χ1v) is 10.1. The number of carbonyl (C=O) groups is 1. The standard InChI is InChI=1S/C19H19Cl2NO3S/c1-12(13-5-6-17-18(9-13)25-8-7-24-17)22-19(23)11-26-10-14-15(20)3-2-4-16(14)21/h2-6,9,12H,7-8,10-11H2,1H3,(H,22,23). The Bertz CT molecular complexity index is 780. The number of ether oxygens (including phenoxy) is 2. The molecule has 138 valence electrons. The molecule has 26 heavy (non-hydrogen) atoms. The third-order valence-electron chi connectivity index (χ3n) is 3.98. The molecule has 0 saturated heterocycles. The molecule has 7 heteroatoms. The van der Waals surface area contributed by atoms with Crippen LogP contribution in [0.15, 0.2) is 36.4 Å². The van der Waals surface area contributed by atoms with E-state index in [9.17, 15) is 4.79 Å². The van der Waals surface area contributed by atoms with Gasteiger partial charge in [-0.05, 0) is 42.3 Å². The van der Waals surface area contributed by atoms with Gasteiger partial charge in [0.1, 0.15) is 13.2 Å². The Labute approximate surface area is 167 Å². The highest BCUT2D eigenvalue weighted by atomic mass is 35.5. The van der Waals surface area contributed by atoms with Crippen molar-refractivity contribution >= 4 is 40.9 Å². The summed E-state index contributed by atoms with van der Waals surface area (Å²) in [5.41, 5.74) is 1.83. The minimum Gasteiger partial charge on any atom is -0.486 e. The average Bonchev–Trinajstić information content (AvgIpc) is 2.63. The Balaban J connectivity index is 1.51. The van der Waals surface area contributed by atoms with Crippen molar-refractivity contribution in [3.05, 3.63) is 57.6 Å². The van der Waals surface area contributed by atoms with Gasteiger partial charge in [-0.3, -0.25) is 4.79 Å². The van der Waals surface area contributed by atoms with Crippen LogP contribution in [0.1, 0.15) is 24.1 Å². The highest BCUT2D eigenvalue weighted by Crippen LogP contribution is 2.32. The molecule has 0 bridgehead atoms. The van der Waals surface area contributed by atoms with E-state index in [4.69, 9.17) is 32.7 Å². The summed E-state index contributed by atoms with van der Waals surface area (Å²) >= 11 is 13.8. The van der Waals surface area contributed by atoms with Crippen molar-refractivity contribution in [3.63, 3.8) is 0 Å². The monoisotopic (exact) mass is 411 g/mol. The lowest BCUT2D eigenvalue weighted by atomic mass is 10.1. The first-order chi connectivity index (χ1) is 12.5. The number of thioether (sulfide) groups is 1. The first kappa shape index (κ1) is 19.2. The first-order valence-electron chi connectivity index (χ1n) is 8.24. The molecule has 2 aromatic carbocycles. The normalized spacial score (nSPS) is 14.0. The molecule has 1 N–H and O–H groups in total. The molecule has 0 radical (unpaired) electrons. The summed E-state index contributed by atoms with van der Waals surface area (Å²) in [5, 5.41) is 4.24. The van der Waals surface area contributed by atoms with Crippen molar-refractivity contribution in [2.75, 3.05) is 19.0 Å². The predicted octanol–water partition coefficient (Wildman–Crippen LogP) is 4.88. The van der Waals surface area contributed by atoms with Crippen LogP contribution < -0.4 is 14.8 Å². The third-order valence-corrected chi connectivity index (χ3v) is 5.65. The molecule has 3 rings (SSSR count). The molecule has 1 aliphatic rings. The Morgan fingerprint density at radius 2 is 1.85 bits per heavy atom. The number of amides is 1. The topological polar surface area (TPSA) is 47.6 Å². The average molecular weight is 412 g/mol. The fraction of sp³-hybridized carbons (Fsp3) is 0.316. The summed E-state index contributed by atoms with van der Waals surface area (Å²) in [5.74, 6) is 2.34. The van der Waals surface area contributed by atoms with Crippen molar-refractivity contribution in [3.8, 4) is 11.5 Å². The zero-order valence-corrected chi connectivity index (χ0v) is 16.6. The summed E-state index contributed by atoms with van der Waals surface area (Å²) in [6, 6.07) is 11.0. The van der Waals surface area contributed by atoms with Crippen LogP contribution in [0.4, 0.5) is 0 Å². The van der Waals surface area contributed by atoms with Gasteiger partial charge in [0.05, 0.1) is 11.8 Å². The van der Waals surface area contributed by atoms with Crippen LogP contribution in [0, 0.1) is 0 Å². The summed E-state index contributed by atoms with van der Waals surface area (Å²) in [4.78, 5) is 12.2. The number of hydrogen-bond donors (Lipinski definition) is 1. The molecule has 0 aromatic heterocycles. The van der Waals surface area contributed by atoms with Crippen LogP contribution in [0.25, 0.3) is 0 Å². The van der Waals surface area contributed by atoms with E-state index in [1.54, 1.807) is 18.2 Å². The quantitative estimate of drug-likeness (QED) is 0.735. The minimum atomic E-state index is -0.122. The molecular formula is C19H19Cl2NO3S. The molecule has 1 atom stereocenters. The van der Waals surface area contributed by atoms with Gasteiger partial charge in [-0.2, -0.15) is 0 Å². The van der Waals surface area contributed by atoms with Crippen LogP contribution in [-0.2, 0) is 10.5 Å². The van der Waals surface area contributed by atoms with Gasteiger partial charge >= 0.3 is 0 Å². The van der Waals surface area contributed by atoms with Crippen LogP contribution in [0.5, 0.6) is 11.5 Å². The third kappa shape index (κ3) is 4.78. The van der Waals surface area contributed by atoms with Crippen molar-refractivity contribution < 1.29 is 14.3 Å². The number of hydrogen-bond acceptors (Lipinski definition) is 4. The lowest BCUT2D eigenvalue weighted by Crippen LogP contribution is -2.28. The van der Waals surface area contributed by atoms with Gasteiger partial charge in [0, 0.05) is 15.8 Å². The van der Waals surface area contributed by atoms with Gasteiger partial charge in [-0.25, -0.2) is 0 Å². The lowest BCUT2D eigenvalue weighted by Gasteiger charge is -2.21. The molecule has 1 amide bonds. The molecule has 0 spiro atoms.